The molecule has 1 aliphatic rings. The van der Waals surface area contributed by atoms with Crippen LogP contribution in [0.2, 0.25) is 0 Å². The van der Waals surface area contributed by atoms with Gasteiger partial charge in [0.05, 0.1) is 18.2 Å². The third-order valence-corrected chi connectivity index (χ3v) is 5.14. The number of halogens is 2. The minimum Gasteiger partial charge on any atom is -0.466 e. The molecule has 24 heavy (non-hydrogen) atoms. The lowest BCUT2D eigenvalue weighted by Gasteiger charge is -2.41. The van der Waals surface area contributed by atoms with E-state index in [-0.39, 0.29) is 24.2 Å². The van der Waals surface area contributed by atoms with Gasteiger partial charge in [-0.2, -0.15) is 0 Å². The lowest BCUT2D eigenvalue weighted by molar-refractivity contribution is -0.148. The molecule has 0 bridgehead atoms. The topological polar surface area (TPSA) is 32.8 Å². The van der Waals surface area contributed by atoms with Crippen LogP contribution < -0.4 is 0 Å². The molecule has 1 fully saturated rings. The van der Waals surface area contributed by atoms with E-state index in [2.05, 4.69) is 23.6 Å². The van der Waals surface area contributed by atoms with Crippen LogP contribution >= 0.6 is 0 Å². The average molecular weight is 340 g/mol. The first kappa shape index (κ1) is 18.8. The van der Waals surface area contributed by atoms with E-state index in [0.29, 0.717) is 18.7 Å². The standard InChI is InChI=1S/C18H26F2N2O2/c1-6-24-17(23)15-11-22(18(2,3)21(4)5)10-14(15)13-8-7-12(19)9-16(13)20/h7-9,14-15H,6,10-11H2,1-5H3/t14-,15+/m0/s1. The molecule has 0 unspecified atom stereocenters. The predicted molar refractivity (Wildman–Crippen MR) is 88.6 cm³/mol. The van der Waals surface area contributed by atoms with Gasteiger partial charge in [-0.05, 0) is 46.5 Å². The maximum atomic E-state index is 14.3. The van der Waals surface area contributed by atoms with E-state index in [9.17, 15) is 13.6 Å². The van der Waals surface area contributed by atoms with Crippen molar-refractivity contribution in [3.05, 3.63) is 35.4 Å². The predicted octanol–water partition coefficient (Wildman–Crippen LogP) is 2.84. The molecule has 0 aromatic heterocycles. The molecule has 6 heteroatoms. The van der Waals surface area contributed by atoms with E-state index in [1.54, 1.807) is 6.92 Å². The molecule has 1 aromatic carbocycles. The van der Waals surface area contributed by atoms with E-state index >= 15 is 0 Å². The summed E-state index contributed by atoms with van der Waals surface area (Å²) in [5, 5.41) is 0. The van der Waals surface area contributed by atoms with Crippen LogP contribution in [0.1, 0.15) is 32.3 Å². The van der Waals surface area contributed by atoms with Gasteiger partial charge in [-0.3, -0.25) is 14.6 Å². The maximum absolute atomic E-state index is 14.3. The number of nitrogens with zero attached hydrogens (tertiary/aromatic N) is 2. The zero-order chi connectivity index (χ0) is 18.1. The number of rotatable bonds is 5. The number of benzene rings is 1. The molecule has 0 saturated carbocycles. The Kier molecular flexibility index (Phi) is 5.60. The molecule has 1 aromatic rings. The Balaban J connectivity index is 2.36. The Hall–Kier alpha value is -1.53. The van der Waals surface area contributed by atoms with Crippen LogP contribution in [-0.4, -0.2) is 55.2 Å². The number of hydrogen-bond acceptors (Lipinski definition) is 4. The molecule has 0 spiro atoms. The van der Waals surface area contributed by atoms with Crippen LogP contribution in [0.5, 0.6) is 0 Å². The molecule has 0 radical (unpaired) electrons. The normalized spacial score (nSPS) is 22.2. The van der Waals surface area contributed by atoms with E-state index < -0.39 is 17.6 Å². The quantitative estimate of drug-likeness (QED) is 0.772. The fraction of sp³-hybridized carbons (Fsp3) is 0.611. The van der Waals surface area contributed by atoms with Crippen LogP contribution in [0.15, 0.2) is 18.2 Å². The first-order valence-corrected chi connectivity index (χ1v) is 8.22. The maximum Gasteiger partial charge on any atom is 0.310 e. The summed E-state index contributed by atoms with van der Waals surface area (Å²) in [4.78, 5) is 16.6. The van der Waals surface area contributed by atoms with Crippen molar-refractivity contribution in [2.24, 2.45) is 5.92 Å². The van der Waals surface area contributed by atoms with E-state index in [1.165, 1.54) is 12.1 Å². The number of esters is 1. The highest BCUT2D eigenvalue weighted by molar-refractivity contribution is 5.74. The van der Waals surface area contributed by atoms with Crippen LogP contribution in [0.4, 0.5) is 8.78 Å². The summed E-state index contributed by atoms with van der Waals surface area (Å²) in [6.45, 7) is 7.13. The van der Waals surface area contributed by atoms with Crippen LogP contribution in [0, 0.1) is 17.6 Å². The lowest BCUT2D eigenvalue weighted by atomic mass is 9.88. The molecule has 134 valence electrons. The van der Waals surface area contributed by atoms with Gasteiger partial charge in [0.2, 0.25) is 0 Å². The van der Waals surface area contributed by atoms with E-state index in [0.717, 1.165) is 6.07 Å². The Morgan fingerprint density at radius 1 is 1.33 bits per heavy atom. The number of hydrogen-bond donors (Lipinski definition) is 0. The Morgan fingerprint density at radius 3 is 2.54 bits per heavy atom. The zero-order valence-electron chi connectivity index (χ0n) is 15.0. The summed E-state index contributed by atoms with van der Waals surface area (Å²) in [7, 11) is 3.93. The van der Waals surface area contributed by atoms with Crippen molar-refractivity contribution < 1.29 is 18.3 Å². The smallest absolute Gasteiger partial charge is 0.310 e. The van der Waals surface area contributed by atoms with Gasteiger partial charge in [0.25, 0.3) is 0 Å². The molecule has 0 aliphatic carbocycles. The van der Waals surface area contributed by atoms with Gasteiger partial charge in [0, 0.05) is 25.1 Å². The first-order valence-electron chi connectivity index (χ1n) is 8.22. The minimum atomic E-state index is -0.618. The number of carbonyl (C=O) groups excluding carboxylic acids is 1. The first-order chi connectivity index (χ1) is 11.2. The summed E-state index contributed by atoms with van der Waals surface area (Å²) in [5.74, 6) is -2.39. The molecule has 0 amide bonds. The highest BCUT2D eigenvalue weighted by atomic mass is 19.1. The van der Waals surface area contributed by atoms with Crippen molar-refractivity contribution in [2.45, 2.75) is 32.4 Å². The van der Waals surface area contributed by atoms with Gasteiger partial charge in [-0.1, -0.05) is 6.07 Å². The highest BCUT2D eigenvalue weighted by Crippen LogP contribution is 2.38. The monoisotopic (exact) mass is 340 g/mol. The van der Waals surface area contributed by atoms with Crippen LogP contribution in [-0.2, 0) is 9.53 Å². The third-order valence-electron chi connectivity index (χ3n) is 5.14. The second kappa shape index (κ2) is 7.15. The molecular formula is C18H26F2N2O2. The fourth-order valence-electron chi connectivity index (χ4n) is 3.14. The Bertz CT molecular complexity index is 605. The molecule has 2 rings (SSSR count). The number of ether oxygens (including phenoxy) is 1. The molecule has 1 aliphatic heterocycles. The van der Waals surface area contributed by atoms with E-state index in [4.69, 9.17) is 4.74 Å². The molecular weight excluding hydrogens is 314 g/mol. The van der Waals surface area contributed by atoms with Gasteiger partial charge >= 0.3 is 5.97 Å². The zero-order valence-corrected chi connectivity index (χ0v) is 15.0. The SMILES string of the molecule is CCOC(=O)[C@@H]1CN(C(C)(C)N(C)C)C[C@H]1c1ccc(F)cc1F. The van der Waals surface area contributed by atoms with Crippen LogP contribution in [0.3, 0.4) is 0 Å². The minimum absolute atomic E-state index is 0.283. The summed E-state index contributed by atoms with van der Waals surface area (Å²) in [5.41, 5.74) is 0.0715. The van der Waals surface area contributed by atoms with Crippen molar-refractivity contribution in [2.75, 3.05) is 33.8 Å². The molecule has 1 heterocycles. The summed E-state index contributed by atoms with van der Waals surface area (Å²) in [6.07, 6.45) is 0. The van der Waals surface area contributed by atoms with Crippen LogP contribution in [0.25, 0.3) is 0 Å². The lowest BCUT2D eigenvalue weighted by Crippen LogP contribution is -2.53. The highest BCUT2D eigenvalue weighted by Gasteiger charge is 2.45. The van der Waals surface area contributed by atoms with Gasteiger partial charge in [-0.25, -0.2) is 8.78 Å². The van der Waals surface area contributed by atoms with Gasteiger partial charge < -0.3 is 4.74 Å². The van der Waals surface area contributed by atoms with Crippen molar-refractivity contribution in [1.82, 2.24) is 9.80 Å². The van der Waals surface area contributed by atoms with E-state index in [1.807, 2.05) is 14.1 Å². The second-order valence-corrected chi connectivity index (χ2v) is 6.92. The molecule has 1 saturated heterocycles. The number of likely N-dealkylation sites (tertiary alicyclic amines) is 1. The van der Waals surface area contributed by atoms with Gasteiger partial charge in [-0.15, -0.1) is 0 Å². The summed E-state index contributed by atoms with van der Waals surface area (Å²) in [6, 6.07) is 3.55. The fourth-order valence-corrected chi connectivity index (χ4v) is 3.14. The van der Waals surface area contributed by atoms with Crippen molar-refractivity contribution >= 4 is 5.97 Å². The van der Waals surface area contributed by atoms with Gasteiger partial charge in [0.15, 0.2) is 0 Å². The van der Waals surface area contributed by atoms with Crippen molar-refractivity contribution in [3.63, 3.8) is 0 Å². The molecule has 4 nitrogen and oxygen atoms in total. The summed E-state index contributed by atoms with van der Waals surface area (Å²) < 4.78 is 32.7. The average Bonchev–Trinajstić information content (AvgIpc) is 2.93. The Morgan fingerprint density at radius 2 is 2.00 bits per heavy atom. The Labute approximate surface area is 142 Å². The van der Waals surface area contributed by atoms with Crippen molar-refractivity contribution in [3.8, 4) is 0 Å². The third kappa shape index (κ3) is 3.59. The second-order valence-electron chi connectivity index (χ2n) is 6.92. The summed E-state index contributed by atoms with van der Waals surface area (Å²) >= 11 is 0. The largest absolute Gasteiger partial charge is 0.466 e. The molecule has 0 N–H and O–H groups in total. The van der Waals surface area contributed by atoms with Crippen molar-refractivity contribution in [1.29, 1.82) is 0 Å². The molecule has 2 atom stereocenters. The number of carbonyl (C=O) groups is 1. The van der Waals surface area contributed by atoms with Gasteiger partial charge in [0.1, 0.15) is 11.6 Å².